The van der Waals surface area contributed by atoms with Crippen LogP contribution in [0.2, 0.25) is 0 Å². The second-order valence-corrected chi connectivity index (χ2v) is 5.97. The lowest BCUT2D eigenvalue weighted by Crippen LogP contribution is -2.29. The Morgan fingerprint density at radius 1 is 1.31 bits per heavy atom. The molecule has 0 unspecified atom stereocenters. The number of rotatable bonds is 4. The van der Waals surface area contributed by atoms with Gasteiger partial charge in [-0.05, 0) is 50.2 Å². The van der Waals surface area contributed by atoms with Crippen LogP contribution in [0.4, 0.5) is 5.69 Å². The molecule has 0 bridgehead atoms. The number of esters is 1. The smallest absolute Gasteiger partial charge is 0.338 e. The van der Waals surface area contributed by atoms with Gasteiger partial charge in [-0.2, -0.15) is 5.10 Å². The molecule has 0 fully saturated rings. The number of carbonyl (C=O) groups excluding carboxylic acids is 2. The Morgan fingerprint density at radius 3 is 2.73 bits per heavy atom. The number of carbonyl (C=O) groups is 2. The molecule has 1 aromatic carbocycles. The molecule has 7 nitrogen and oxygen atoms in total. The maximum atomic E-state index is 12.9. The molecule has 1 atom stereocenters. The zero-order valence-electron chi connectivity index (χ0n) is 14.4. The third-order valence-electron chi connectivity index (χ3n) is 4.42. The molecule has 3 aromatic rings. The number of hydrogen-bond acceptors (Lipinski definition) is 5. The largest absolute Gasteiger partial charge is 0.467 e. The van der Waals surface area contributed by atoms with E-state index in [1.165, 1.54) is 0 Å². The highest BCUT2D eigenvalue weighted by Gasteiger charge is 2.43. The summed E-state index contributed by atoms with van der Waals surface area (Å²) in [6.07, 6.45) is 1.58. The Morgan fingerprint density at radius 2 is 2.08 bits per heavy atom. The summed E-state index contributed by atoms with van der Waals surface area (Å²) in [5, 5.41) is 7.02. The van der Waals surface area contributed by atoms with Crippen LogP contribution < -0.4 is 4.90 Å². The number of aromatic amines is 1. The quantitative estimate of drug-likeness (QED) is 0.729. The van der Waals surface area contributed by atoms with Gasteiger partial charge in [0.1, 0.15) is 11.8 Å². The molecule has 0 saturated heterocycles. The highest BCUT2D eigenvalue weighted by atomic mass is 16.5. The molecule has 26 heavy (non-hydrogen) atoms. The van der Waals surface area contributed by atoms with Crippen LogP contribution in [-0.4, -0.2) is 28.7 Å². The van der Waals surface area contributed by atoms with Gasteiger partial charge >= 0.3 is 5.97 Å². The molecular weight excluding hydrogens is 334 g/mol. The SMILES string of the molecule is CCOC(=O)c1ccc(N2C(=O)c3n[nH]c(C)c3[C@@H]2c2ccco2)cc1. The molecule has 4 rings (SSSR count). The minimum atomic E-state index is -0.403. The van der Waals surface area contributed by atoms with Crippen molar-refractivity contribution >= 4 is 17.6 Å². The van der Waals surface area contributed by atoms with Crippen molar-refractivity contribution < 1.29 is 18.7 Å². The summed E-state index contributed by atoms with van der Waals surface area (Å²) in [6, 6.07) is 9.97. The Labute approximate surface area is 149 Å². The summed E-state index contributed by atoms with van der Waals surface area (Å²) in [4.78, 5) is 26.4. The maximum absolute atomic E-state index is 12.9. The van der Waals surface area contributed by atoms with Crippen molar-refractivity contribution in [3.05, 3.63) is 70.9 Å². The summed E-state index contributed by atoms with van der Waals surface area (Å²) in [7, 11) is 0. The maximum Gasteiger partial charge on any atom is 0.338 e. The second kappa shape index (κ2) is 6.18. The lowest BCUT2D eigenvalue weighted by Gasteiger charge is -2.24. The molecule has 0 radical (unpaired) electrons. The number of H-pyrrole nitrogens is 1. The van der Waals surface area contributed by atoms with E-state index < -0.39 is 12.0 Å². The van der Waals surface area contributed by atoms with E-state index in [0.29, 0.717) is 29.3 Å². The van der Waals surface area contributed by atoms with Gasteiger partial charge in [-0.25, -0.2) is 4.79 Å². The summed E-state index contributed by atoms with van der Waals surface area (Å²) < 4.78 is 10.6. The van der Waals surface area contributed by atoms with E-state index in [-0.39, 0.29) is 5.91 Å². The first-order chi connectivity index (χ1) is 12.6. The van der Waals surface area contributed by atoms with Crippen LogP contribution in [0.3, 0.4) is 0 Å². The average molecular weight is 351 g/mol. The molecule has 0 spiro atoms. The number of nitrogens with zero attached hydrogens (tertiary/aromatic N) is 2. The van der Waals surface area contributed by atoms with E-state index in [2.05, 4.69) is 10.2 Å². The predicted molar refractivity (Wildman–Crippen MR) is 93.1 cm³/mol. The van der Waals surface area contributed by atoms with Gasteiger partial charge < -0.3 is 9.15 Å². The monoisotopic (exact) mass is 351 g/mol. The number of benzene rings is 1. The lowest BCUT2D eigenvalue weighted by atomic mass is 10.0. The fourth-order valence-electron chi connectivity index (χ4n) is 3.25. The van der Waals surface area contributed by atoms with Crippen molar-refractivity contribution in [2.75, 3.05) is 11.5 Å². The molecule has 1 aliphatic rings. The Balaban J connectivity index is 1.75. The number of fused-ring (bicyclic) bond motifs is 1. The third kappa shape index (κ3) is 2.40. The van der Waals surface area contributed by atoms with Crippen molar-refractivity contribution in [2.45, 2.75) is 19.9 Å². The van der Waals surface area contributed by atoms with E-state index in [1.807, 2.05) is 13.0 Å². The zero-order valence-corrected chi connectivity index (χ0v) is 14.4. The van der Waals surface area contributed by atoms with Crippen LogP contribution in [-0.2, 0) is 4.74 Å². The molecule has 0 saturated carbocycles. The van der Waals surface area contributed by atoms with Crippen LogP contribution in [0.1, 0.15) is 50.8 Å². The molecule has 1 aliphatic heterocycles. The van der Waals surface area contributed by atoms with E-state index in [4.69, 9.17) is 9.15 Å². The van der Waals surface area contributed by atoms with Crippen molar-refractivity contribution in [1.82, 2.24) is 10.2 Å². The minimum Gasteiger partial charge on any atom is -0.467 e. The van der Waals surface area contributed by atoms with E-state index in [1.54, 1.807) is 48.4 Å². The number of furan rings is 1. The number of aromatic nitrogens is 2. The van der Waals surface area contributed by atoms with Crippen LogP contribution >= 0.6 is 0 Å². The first-order valence-corrected chi connectivity index (χ1v) is 8.30. The predicted octanol–water partition coefficient (Wildman–Crippen LogP) is 3.24. The first-order valence-electron chi connectivity index (χ1n) is 8.30. The van der Waals surface area contributed by atoms with E-state index >= 15 is 0 Å². The molecular formula is C19H17N3O4. The molecule has 0 aliphatic carbocycles. The highest BCUT2D eigenvalue weighted by molar-refractivity contribution is 6.10. The number of aryl methyl sites for hydroxylation is 1. The second-order valence-electron chi connectivity index (χ2n) is 5.97. The van der Waals surface area contributed by atoms with Crippen LogP contribution in [0, 0.1) is 6.92 Å². The summed E-state index contributed by atoms with van der Waals surface area (Å²) >= 11 is 0. The summed E-state index contributed by atoms with van der Waals surface area (Å²) in [5.74, 6) is 0.0454. The zero-order chi connectivity index (χ0) is 18.3. The third-order valence-corrected chi connectivity index (χ3v) is 4.42. The van der Waals surface area contributed by atoms with Gasteiger partial charge in [-0.15, -0.1) is 0 Å². The Kier molecular flexibility index (Phi) is 3.84. The minimum absolute atomic E-state index is 0.213. The standard InChI is InChI=1S/C19H17N3O4/c1-3-25-19(24)12-6-8-13(9-7-12)22-17(14-5-4-10-26-14)15-11(2)20-21-16(15)18(22)23/h4-10,17H,3H2,1-2H3,(H,20,21)/t17-/m0/s1. The highest BCUT2D eigenvalue weighted by Crippen LogP contribution is 2.42. The van der Waals surface area contributed by atoms with Gasteiger partial charge in [0.2, 0.25) is 0 Å². The molecule has 7 heteroatoms. The molecule has 3 heterocycles. The van der Waals surface area contributed by atoms with Gasteiger partial charge in [-0.1, -0.05) is 0 Å². The topological polar surface area (TPSA) is 88.4 Å². The Hall–Kier alpha value is -3.35. The Bertz CT molecular complexity index is 957. The van der Waals surface area contributed by atoms with Crippen LogP contribution in [0.25, 0.3) is 0 Å². The number of amides is 1. The van der Waals surface area contributed by atoms with Gasteiger partial charge in [0.25, 0.3) is 5.91 Å². The fraction of sp³-hybridized carbons (Fsp3) is 0.211. The number of nitrogens with one attached hydrogen (secondary N) is 1. The average Bonchev–Trinajstić information content (AvgIpc) is 3.35. The molecule has 1 amide bonds. The van der Waals surface area contributed by atoms with Gasteiger partial charge in [0, 0.05) is 16.9 Å². The number of anilines is 1. The number of hydrogen-bond donors (Lipinski definition) is 1. The van der Waals surface area contributed by atoms with E-state index in [9.17, 15) is 9.59 Å². The first kappa shape index (κ1) is 16.1. The number of ether oxygens (including phenoxy) is 1. The molecule has 1 N–H and O–H groups in total. The van der Waals surface area contributed by atoms with Crippen LogP contribution in [0.15, 0.2) is 47.1 Å². The van der Waals surface area contributed by atoms with Crippen LogP contribution in [0.5, 0.6) is 0 Å². The lowest BCUT2D eigenvalue weighted by molar-refractivity contribution is 0.0526. The normalized spacial score (nSPS) is 16.0. The van der Waals surface area contributed by atoms with Gasteiger partial charge in [0.15, 0.2) is 5.69 Å². The van der Waals surface area contributed by atoms with Crippen molar-refractivity contribution in [3.63, 3.8) is 0 Å². The molecule has 132 valence electrons. The molecule has 2 aromatic heterocycles. The van der Waals surface area contributed by atoms with Gasteiger partial charge in [-0.3, -0.25) is 14.8 Å². The van der Waals surface area contributed by atoms with Crippen molar-refractivity contribution in [2.24, 2.45) is 0 Å². The van der Waals surface area contributed by atoms with E-state index in [0.717, 1.165) is 11.3 Å². The summed E-state index contributed by atoms with van der Waals surface area (Å²) in [5.41, 5.74) is 3.10. The summed E-state index contributed by atoms with van der Waals surface area (Å²) in [6.45, 7) is 3.95. The van der Waals surface area contributed by atoms with Crippen molar-refractivity contribution in [1.29, 1.82) is 0 Å². The fourth-order valence-corrected chi connectivity index (χ4v) is 3.25. The van der Waals surface area contributed by atoms with Crippen molar-refractivity contribution in [3.8, 4) is 0 Å². The van der Waals surface area contributed by atoms with Gasteiger partial charge in [0.05, 0.1) is 18.4 Å².